The van der Waals surface area contributed by atoms with Gasteiger partial charge in [0, 0.05) is 52.8 Å². The second kappa shape index (κ2) is 15.4. The smallest absolute Gasteiger partial charge is 0.0632 e. The molecule has 5 aromatic carbocycles. The summed E-state index contributed by atoms with van der Waals surface area (Å²) in [6.07, 6.45) is 16.6. The second-order valence-corrected chi connectivity index (χ2v) is 17.2. The van der Waals surface area contributed by atoms with Gasteiger partial charge in [0.05, 0.1) is 17.4 Å². The van der Waals surface area contributed by atoms with E-state index in [1.54, 1.807) is 0 Å². The van der Waals surface area contributed by atoms with Gasteiger partial charge in [0.1, 0.15) is 0 Å². The average molecular weight is 754 g/mol. The molecule has 292 valence electrons. The standard InChI is InChI=1S/C52H59N5/c1-7-32-55-46-26-15-13-24-43(46)51(3,4)48(55)30-28-36-19-17-20-37(29-31-49-52(5,6)44-25-14-16-27-47(44)56(49)33-8-2)50(36)57(54)35-45(53)42-34-38-18-9-10-21-39(38)40-22-11-12-23-41(40)42/h9-16,18,21-31,34-35,48H,7-8,17,19-20,32-33,53-54H2,1-6H3/b30-28+,37-29+,45-35-,49-31+. The molecular weight excluding hydrogens is 695 g/mol. The molecule has 3 aliphatic rings. The van der Waals surface area contributed by atoms with E-state index in [2.05, 4.69) is 179 Å². The molecular formula is C52H59N5. The zero-order valence-corrected chi connectivity index (χ0v) is 34.7. The van der Waals surface area contributed by atoms with Gasteiger partial charge in [-0.3, -0.25) is 5.01 Å². The third kappa shape index (κ3) is 6.76. The van der Waals surface area contributed by atoms with Crippen molar-refractivity contribution in [2.24, 2.45) is 11.6 Å². The molecule has 0 aromatic heterocycles. The van der Waals surface area contributed by atoms with Gasteiger partial charge in [-0.15, -0.1) is 0 Å². The van der Waals surface area contributed by atoms with Crippen LogP contribution in [0.15, 0.2) is 156 Å². The Morgan fingerprint density at radius 1 is 0.754 bits per heavy atom. The van der Waals surface area contributed by atoms with Gasteiger partial charge in [-0.25, -0.2) is 5.84 Å². The summed E-state index contributed by atoms with van der Waals surface area (Å²) in [5.41, 5.74) is 18.9. The summed E-state index contributed by atoms with van der Waals surface area (Å²) < 4.78 is 0. The lowest BCUT2D eigenvalue weighted by Gasteiger charge is -2.33. The Morgan fingerprint density at radius 2 is 1.40 bits per heavy atom. The largest absolute Gasteiger partial charge is 0.397 e. The number of nitrogens with two attached hydrogens (primary N) is 2. The molecule has 1 aliphatic carbocycles. The maximum atomic E-state index is 7.29. The summed E-state index contributed by atoms with van der Waals surface area (Å²) >= 11 is 0. The van der Waals surface area contributed by atoms with E-state index >= 15 is 0 Å². The molecule has 4 N–H and O–H groups in total. The number of hydrazine groups is 1. The van der Waals surface area contributed by atoms with Crippen LogP contribution in [-0.2, 0) is 10.8 Å². The van der Waals surface area contributed by atoms with E-state index < -0.39 is 0 Å². The Balaban J connectivity index is 1.26. The summed E-state index contributed by atoms with van der Waals surface area (Å²) in [5.74, 6) is 7.29. The average Bonchev–Trinajstić information content (AvgIpc) is 3.57. The zero-order chi connectivity index (χ0) is 39.9. The maximum absolute atomic E-state index is 7.29. The lowest BCUT2D eigenvalue weighted by Crippen LogP contribution is -2.40. The van der Waals surface area contributed by atoms with Crippen molar-refractivity contribution in [1.29, 1.82) is 0 Å². The lowest BCUT2D eigenvalue weighted by atomic mass is 9.80. The quantitative estimate of drug-likeness (QED) is 0.0845. The van der Waals surface area contributed by atoms with Gasteiger partial charge in [-0.05, 0) is 100 Å². The van der Waals surface area contributed by atoms with Crippen LogP contribution in [0.5, 0.6) is 0 Å². The summed E-state index contributed by atoms with van der Waals surface area (Å²) in [6, 6.07) is 37.3. The molecule has 2 aliphatic heterocycles. The molecule has 0 radical (unpaired) electrons. The van der Waals surface area contributed by atoms with Crippen molar-refractivity contribution < 1.29 is 0 Å². The first-order valence-electron chi connectivity index (χ1n) is 21.0. The molecule has 5 heteroatoms. The van der Waals surface area contributed by atoms with Crippen molar-refractivity contribution in [3.05, 3.63) is 173 Å². The Bertz CT molecular complexity index is 2480. The van der Waals surface area contributed by atoms with Crippen LogP contribution in [0.1, 0.15) is 90.3 Å². The van der Waals surface area contributed by atoms with Crippen LogP contribution in [0.25, 0.3) is 27.2 Å². The van der Waals surface area contributed by atoms with Crippen LogP contribution in [0, 0.1) is 0 Å². The first kappa shape index (κ1) is 38.4. The number of fused-ring (bicyclic) bond motifs is 5. The Labute approximate surface area is 340 Å². The van der Waals surface area contributed by atoms with Crippen LogP contribution >= 0.6 is 0 Å². The van der Waals surface area contributed by atoms with Crippen molar-refractivity contribution in [3.63, 3.8) is 0 Å². The van der Waals surface area contributed by atoms with E-state index in [0.29, 0.717) is 5.70 Å². The monoisotopic (exact) mass is 753 g/mol. The maximum Gasteiger partial charge on any atom is 0.0632 e. The highest BCUT2D eigenvalue weighted by Gasteiger charge is 2.43. The zero-order valence-electron chi connectivity index (χ0n) is 34.7. The number of hydrogen-bond donors (Lipinski definition) is 2. The number of anilines is 2. The molecule has 0 spiro atoms. The fourth-order valence-electron chi connectivity index (χ4n) is 9.95. The van der Waals surface area contributed by atoms with Gasteiger partial charge in [-0.2, -0.15) is 0 Å². The number of allylic oxidation sites excluding steroid dienone is 6. The Kier molecular flexibility index (Phi) is 10.4. The highest BCUT2D eigenvalue weighted by Crippen LogP contribution is 2.49. The van der Waals surface area contributed by atoms with Crippen LogP contribution < -0.4 is 21.4 Å². The van der Waals surface area contributed by atoms with Gasteiger partial charge >= 0.3 is 0 Å². The summed E-state index contributed by atoms with van der Waals surface area (Å²) in [4.78, 5) is 5.12. The van der Waals surface area contributed by atoms with Crippen molar-refractivity contribution in [3.8, 4) is 0 Å². The highest BCUT2D eigenvalue weighted by atomic mass is 15.4. The SMILES string of the molecule is CCCN1/C(=C/C=C2\CCCC(/C=C/C3N(CCC)c4ccccc4C3(C)C)=C2N(N)/C=C(\N)c2cc3ccccc3c3ccccc23)C(C)(C)c2ccccc21. The summed E-state index contributed by atoms with van der Waals surface area (Å²) in [6.45, 7) is 16.0. The normalized spacial score (nSPS) is 20.4. The molecule has 0 saturated carbocycles. The number of rotatable bonds is 10. The number of nitrogens with zero attached hydrogens (tertiary/aromatic N) is 3. The summed E-state index contributed by atoms with van der Waals surface area (Å²) in [5, 5.41) is 6.51. The molecule has 5 aromatic rings. The number of para-hydroxylation sites is 2. The van der Waals surface area contributed by atoms with Crippen molar-refractivity contribution in [2.45, 2.75) is 90.5 Å². The van der Waals surface area contributed by atoms with Gasteiger partial charge in [0.15, 0.2) is 0 Å². The molecule has 57 heavy (non-hydrogen) atoms. The van der Waals surface area contributed by atoms with Crippen LogP contribution in [0.2, 0.25) is 0 Å². The minimum atomic E-state index is -0.125. The molecule has 1 unspecified atom stereocenters. The number of benzene rings is 5. The van der Waals surface area contributed by atoms with Crippen molar-refractivity contribution in [2.75, 3.05) is 22.9 Å². The van der Waals surface area contributed by atoms with Crippen molar-refractivity contribution in [1.82, 2.24) is 5.01 Å². The topological polar surface area (TPSA) is 61.8 Å². The van der Waals surface area contributed by atoms with E-state index in [9.17, 15) is 0 Å². The first-order valence-corrected chi connectivity index (χ1v) is 21.0. The van der Waals surface area contributed by atoms with Gasteiger partial charge in [0.2, 0.25) is 0 Å². The Morgan fingerprint density at radius 3 is 2.16 bits per heavy atom. The molecule has 8 rings (SSSR count). The predicted molar refractivity (Wildman–Crippen MR) is 244 cm³/mol. The van der Waals surface area contributed by atoms with Crippen LogP contribution in [0.4, 0.5) is 11.4 Å². The molecule has 0 saturated heterocycles. The van der Waals surface area contributed by atoms with E-state index in [4.69, 9.17) is 11.6 Å². The third-order valence-electron chi connectivity index (χ3n) is 12.7. The van der Waals surface area contributed by atoms with Crippen LogP contribution in [0.3, 0.4) is 0 Å². The molecule has 0 amide bonds. The molecule has 0 bridgehead atoms. The summed E-state index contributed by atoms with van der Waals surface area (Å²) in [7, 11) is 0. The molecule has 5 nitrogen and oxygen atoms in total. The lowest BCUT2D eigenvalue weighted by molar-refractivity contribution is 0.470. The molecule has 0 fully saturated rings. The highest BCUT2D eigenvalue weighted by molar-refractivity contribution is 6.11. The van der Waals surface area contributed by atoms with Crippen LogP contribution in [-0.4, -0.2) is 24.1 Å². The fraction of sp³-hybridized carbons (Fsp3) is 0.308. The van der Waals surface area contributed by atoms with Gasteiger partial charge < -0.3 is 15.5 Å². The van der Waals surface area contributed by atoms with E-state index in [0.717, 1.165) is 67.2 Å². The molecule has 1 atom stereocenters. The van der Waals surface area contributed by atoms with E-state index in [1.165, 1.54) is 50.1 Å². The van der Waals surface area contributed by atoms with E-state index in [-0.39, 0.29) is 16.9 Å². The van der Waals surface area contributed by atoms with Gasteiger partial charge in [-0.1, -0.05) is 145 Å². The minimum absolute atomic E-state index is 0.0452. The molecule has 2 heterocycles. The van der Waals surface area contributed by atoms with Crippen molar-refractivity contribution >= 4 is 38.6 Å². The fourth-order valence-corrected chi connectivity index (χ4v) is 9.95. The predicted octanol–water partition coefficient (Wildman–Crippen LogP) is 12.0. The Hall–Kier alpha value is -5.52. The second-order valence-electron chi connectivity index (χ2n) is 17.2. The third-order valence-corrected chi connectivity index (χ3v) is 12.7. The first-order chi connectivity index (χ1) is 27.6. The van der Waals surface area contributed by atoms with E-state index in [1.807, 2.05) is 11.2 Å². The number of hydrogen-bond acceptors (Lipinski definition) is 5. The van der Waals surface area contributed by atoms with Gasteiger partial charge in [0.25, 0.3) is 0 Å². The minimum Gasteiger partial charge on any atom is -0.397 e.